The lowest BCUT2D eigenvalue weighted by Crippen LogP contribution is -2.29. The van der Waals surface area contributed by atoms with Crippen LogP contribution in [0.1, 0.15) is 31.9 Å². The summed E-state index contributed by atoms with van der Waals surface area (Å²) >= 11 is 0. The number of aromatic nitrogens is 4. The van der Waals surface area contributed by atoms with Crippen LogP contribution in [-0.2, 0) is 16.6 Å². The first kappa shape index (κ1) is 24.8. The second kappa shape index (κ2) is 9.76. The number of amides is 2. The fourth-order valence-electron chi connectivity index (χ4n) is 3.61. The highest BCUT2D eigenvalue weighted by molar-refractivity contribution is 5.95. The molecule has 0 radical (unpaired) electrons. The van der Waals surface area contributed by atoms with Crippen LogP contribution in [0.2, 0.25) is 0 Å². The Balaban J connectivity index is 1.48. The van der Waals surface area contributed by atoms with Crippen LogP contribution in [-0.4, -0.2) is 31.7 Å². The number of halogens is 4. The molecule has 1 unspecified atom stereocenters. The number of aryl methyl sites for hydroxylation is 1. The largest absolute Gasteiger partial charge is 0.441 e. The van der Waals surface area contributed by atoms with Crippen molar-refractivity contribution in [2.24, 2.45) is 13.0 Å². The van der Waals surface area contributed by atoms with Crippen molar-refractivity contribution in [1.29, 1.82) is 0 Å². The third kappa shape index (κ3) is 4.90. The summed E-state index contributed by atoms with van der Waals surface area (Å²) in [5.74, 6) is -4.05. The van der Waals surface area contributed by atoms with Gasteiger partial charge in [-0.25, -0.2) is 22.9 Å². The quantitative estimate of drug-likeness (QED) is 0.368. The highest BCUT2D eigenvalue weighted by Crippen LogP contribution is 2.36. The number of hydrogen-bond donors (Lipinski definition) is 2. The van der Waals surface area contributed by atoms with Gasteiger partial charge in [0.1, 0.15) is 29.3 Å². The molecule has 9 nitrogen and oxygen atoms in total. The molecule has 3 aromatic heterocycles. The molecule has 3 aromatic rings. The zero-order chi connectivity index (χ0) is 26.1. The number of anilines is 2. The lowest BCUT2D eigenvalue weighted by atomic mass is 9.84. The molecule has 2 N–H and O–H groups in total. The van der Waals surface area contributed by atoms with Gasteiger partial charge in [0.05, 0.1) is 41.3 Å². The molecule has 13 heteroatoms. The van der Waals surface area contributed by atoms with Crippen molar-refractivity contribution in [2.75, 3.05) is 10.6 Å². The Morgan fingerprint density at radius 1 is 1.11 bits per heavy atom. The summed E-state index contributed by atoms with van der Waals surface area (Å²) in [5.41, 5.74) is 0.0440. The van der Waals surface area contributed by atoms with Gasteiger partial charge in [-0.2, -0.15) is 9.49 Å². The van der Waals surface area contributed by atoms with Crippen molar-refractivity contribution in [1.82, 2.24) is 19.7 Å². The Kier molecular flexibility index (Phi) is 6.73. The molecule has 1 aliphatic carbocycles. The number of ether oxygens (including phenoxy) is 1. The number of carbonyl (C=O) groups is 2. The maximum Gasteiger partial charge on any atom is 0.413 e. The van der Waals surface area contributed by atoms with E-state index in [1.807, 2.05) is 0 Å². The highest BCUT2D eigenvalue weighted by Gasteiger charge is 2.33. The zero-order valence-electron chi connectivity index (χ0n) is 19.3. The number of allylic oxidation sites excluding steroid dienone is 1. The smallest absolute Gasteiger partial charge is 0.413 e. The molecule has 4 rings (SSSR count). The molecule has 0 aliphatic heterocycles. The normalized spacial score (nSPS) is 15.8. The molecule has 0 spiro atoms. The minimum Gasteiger partial charge on any atom is -0.441 e. The van der Waals surface area contributed by atoms with E-state index in [1.54, 1.807) is 0 Å². The molecule has 36 heavy (non-hydrogen) atoms. The van der Waals surface area contributed by atoms with Gasteiger partial charge < -0.3 is 10.1 Å². The lowest BCUT2D eigenvalue weighted by Gasteiger charge is -2.25. The SMILES string of the molecule is CC1=C(F)CC1C(=O)Nc1cnc(-c2cnn(C)c2NC(=O)O[C@H](C)c2cc(F)cnc2F)c(F)c1. The van der Waals surface area contributed by atoms with E-state index in [2.05, 4.69) is 25.7 Å². The van der Waals surface area contributed by atoms with Gasteiger partial charge >= 0.3 is 6.09 Å². The third-order valence-corrected chi connectivity index (χ3v) is 5.73. The van der Waals surface area contributed by atoms with Gasteiger partial charge in [0.2, 0.25) is 11.9 Å². The number of hydrogen-bond acceptors (Lipinski definition) is 6. The molecule has 0 fully saturated rings. The van der Waals surface area contributed by atoms with E-state index in [4.69, 9.17) is 4.74 Å². The summed E-state index contributed by atoms with van der Waals surface area (Å²) in [6.07, 6.45) is 0.914. The summed E-state index contributed by atoms with van der Waals surface area (Å²) in [4.78, 5) is 31.9. The van der Waals surface area contributed by atoms with E-state index in [0.717, 1.165) is 12.1 Å². The fraction of sp³-hybridized carbons (Fsp3) is 0.261. The van der Waals surface area contributed by atoms with Gasteiger partial charge in [0, 0.05) is 19.5 Å². The van der Waals surface area contributed by atoms with Crippen LogP contribution in [0.3, 0.4) is 0 Å². The molecule has 0 aromatic carbocycles. The topological polar surface area (TPSA) is 111 Å². The van der Waals surface area contributed by atoms with Crippen LogP contribution < -0.4 is 10.6 Å². The average molecular weight is 504 g/mol. The van der Waals surface area contributed by atoms with Crippen LogP contribution in [0, 0.1) is 23.5 Å². The molecular weight excluding hydrogens is 484 g/mol. The number of carbonyl (C=O) groups excluding carboxylic acids is 2. The Labute approximate surface area is 202 Å². The Morgan fingerprint density at radius 2 is 1.86 bits per heavy atom. The van der Waals surface area contributed by atoms with E-state index in [9.17, 15) is 27.2 Å². The number of nitrogens with zero attached hydrogens (tertiary/aromatic N) is 4. The molecule has 188 valence electrons. The molecule has 0 bridgehead atoms. The van der Waals surface area contributed by atoms with Crippen LogP contribution in [0.4, 0.5) is 33.9 Å². The first-order valence-electron chi connectivity index (χ1n) is 10.7. The highest BCUT2D eigenvalue weighted by atomic mass is 19.1. The van der Waals surface area contributed by atoms with Crippen LogP contribution in [0.25, 0.3) is 11.3 Å². The number of nitrogens with one attached hydrogen (secondary N) is 2. The molecular formula is C23H20F4N6O3. The van der Waals surface area contributed by atoms with Gasteiger partial charge in [-0.05, 0) is 25.5 Å². The second-order valence-corrected chi connectivity index (χ2v) is 8.12. The van der Waals surface area contributed by atoms with Crippen molar-refractivity contribution in [2.45, 2.75) is 26.4 Å². The maximum atomic E-state index is 14.9. The van der Waals surface area contributed by atoms with Gasteiger partial charge in [0.15, 0.2) is 5.82 Å². The van der Waals surface area contributed by atoms with Crippen molar-refractivity contribution >= 4 is 23.5 Å². The van der Waals surface area contributed by atoms with Gasteiger partial charge in [-0.3, -0.25) is 19.8 Å². The van der Waals surface area contributed by atoms with E-state index >= 15 is 0 Å². The second-order valence-electron chi connectivity index (χ2n) is 8.12. The molecule has 2 amide bonds. The van der Waals surface area contributed by atoms with E-state index in [1.165, 1.54) is 38.0 Å². The monoisotopic (exact) mass is 504 g/mol. The Bertz CT molecular complexity index is 1390. The first-order valence-corrected chi connectivity index (χ1v) is 10.7. The molecule has 2 atom stereocenters. The number of rotatable bonds is 6. The van der Waals surface area contributed by atoms with Gasteiger partial charge in [-0.1, -0.05) is 0 Å². The average Bonchev–Trinajstić information content (AvgIpc) is 3.18. The van der Waals surface area contributed by atoms with Gasteiger partial charge in [-0.15, -0.1) is 0 Å². The van der Waals surface area contributed by atoms with E-state index in [-0.39, 0.29) is 40.6 Å². The predicted octanol–water partition coefficient (Wildman–Crippen LogP) is 4.81. The summed E-state index contributed by atoms with van der Waals surface area (Å²) in [5, 5.41) is 8.88. The summed E-state index contributed by atoms with van der Waals surface area (Å²) in [6.45, 7) is 2.84. The summed E-state index contributed by atoms with van der Waals surface area (Å²) in [7, 11) is 1.47. The minimum absolute atomic E-state index is 0.00649. The summed E-state index contributed by atoms with van der Waals surface area (Å²) < 4.78 is 61.7. The van der Waals surface area contributed by atoms with Crippen molar-refractivity contribution in [3.8, 4) is 11.3 Å². The first-order chi connectivity index (χ1) is 17.0. The molecule has 1 aliphatic rings. The minimum atomic E-state index is -1.19. The van der Waals surface area contributed by atoms with Crippen LogP contribution in [0.15, 0.2) is 42.1 Å². The van der Waals surface area contributed by atoms with E-state index in [0.29, 0.717) is 11.8 Å². The van der Waals surface area contributed by atoms with Gasteiger partial charge in [0.25, 0.3) is 0 Å². The summed E-state index contributed by atoms with van der Waals surface area (Å²) in [6, 6.07) is 1.89. The number of pyridine rings is 2. The standard InChI is InChI=1S/C23H20F4N6O3/c1-10-14(6-17(10)25)22(34)31-13-5-18(26)19(28-8-13)16-9-30-33(3)21(16)32-23(35)36-11(2)15-4-12(24)7-29-20(15)27/h4-5,7-9,11,14H,6H2,1-3H3,(H,31,34)(H,32,35)/t11-,14?/m1/s1. The van der Waals surface area contributed by atoms with Crippen molar-refractivity contribution < 1.29 is 31.9 Å². The lowest BCUT2D eigenvalue weighted by molar-refractivity contribution is -0.119. The Morgan fingerprint density at radius 3 is 2.53 bits per heavy atom. The zero-order valence-corrected chi connectivity index (χ0v) is 19.3. The van der Waals surface area contributed by atoms with Crippen LogP contribution in [0.5, 0.6) is 0 Å². The fourth-order valence-corrected chi connectivity index (χ4v) is 3.61. The van der Waals surface area contributed by atoms with Crippen LogP contribution >= 0.6 is 0 Å². The predicted molar refractivity (Wildman–Crippen MR) is 120 cm³/mol. The molecule has 3 heterocycles. The maximum absolute atomic E-state index is 14.9. The van der Waals surface area contributed by atoms with E-state index < -0.39 is 41.6 Å². The van der Waals surface area contributed by atoms with Crippen molar-refractivity contribution in [3.05, 3.63) is 65.3 Å². The third-order valence-electron chi connectivity index (χ3n) is 5.73. The van der Waals surface area contributed by atoms with Crippen molar-refractivity contribution in [3.63, 3.8) is 0 Å². The molecule has 0 saturated heterocycles. The molecule has 0 saturated carbocycles. The Hall–Kier alpha value is -4.29.